The Hall–Kier alpha value is -3.74. The second-order valence-corrected chi connectivity index (χ2v) is 5.94. The molecule has 1 amide bonds. The Morgan fingerprint density at radius 2 is 1.96 bits per heavy atom. The van der Waals surface area contributed by atoms with Gasteiger partial charge in [-0.05, 0) is 35.0 Å². The van der Waals surface area contributed by atoms with E-state index in [2.05, 4.69) is 20.6 Å². The topological polar surface area (TPSA) is 81.9 Å². The third kappa shape index (κ3) is 4.09. The van der Waals surface area contributed by atoms with Crippen LogP contribution in [-0.2, 0) is 11.3 Å². The van der Waals surface area contributed by atoms with Gasteiger partial charge in [0.25, 0.3) is 5.91 Å². The highest BCUT2D eigenvalue weighted by atomic mass is 16.5. The van der Waals surface area contributed by atoms with Crippen LogP contribution in [0.4, 0.5) is 0 Å². The Morgan fingerprint density at radius 1 is 1.07 bits per heavy atom. The van der Waals surface area contributed by atoms with Gasteiger partial charge in [0.15, 0.2) is 6.61 Å². The Kier molecular flexibility index (Phi) is 4.74. The van der Waals surface area contributed by atoms with Crippen molar-refractivity contribution < 1.29 is 9.53 Å². The van der Waals surface area contributed by atoms with Gasteiger partial charge in [-0.3, -0.25) is 9.78 Å². The fourth-order valence-electron chi connectivity index (χ4n) is 2.64. The minimum atomic E-state index is -0.223. The van der Waals surface area contributed by atoms with E-state index in [1.807, 2.05) is 54.6 Å². The van der Waals surface area contributed by atoms with E-state index in [0.717, 1.165) is 16.5 Å². The fraction of sp³-hybridized carbons (Fsp3) is 0.100. The number of ether oxygens (including phenoxy) is 1. The van der Waals surface area contributed by atoms with Crippen molar-refractivity contribution in [1.29, 1.82) is 0 Å². The SMILES string of the molecule is O=C(COc1ccc2ccccc2c1)NCc1cn(-c2cccnc2)nn1. The molecule has 2 heterocycles. The second-order valence-electron chi connectivity index (χ2n) is 5.94. The summed E-state index contributed by atoms with van der Waals surface area (Å²) >= 11 is 0. The standard InChI is InChI=1S/C20H17N5O2/c26-20(14-27-19-8-7-15-4-1-2-5-16(15)10-19)22-11-17-13-25(24-23-17)18-6-3-9-21-12-18/h1-10,12-13H,11,14H2,(H,22,26). The third-order valence-corrected chi connectivity index (χ3v) is 4.01. The monoisotopic (exact) mass is 359 g/mol. The fourth-order valence-corrected chi connectivity index (χ4v) is 2.64. The molecule has 0 saturated heterocycles. The summed E-state index contributed by atoms with van der Waals surface area (Å²) < 4.78 is 7.19. The van der Waals surface area contributed by atoms with E-state index in [9.17, 15) is 4.79 Å². The largest absolute Gasteiger partial charge is 0.484 e. The molecule has 4 rings (SSSR count). The maximum Gasteiger partial charge on any atom is 0.258 e. The molecule has 4 aromatic rings. The Morgan fingerprint density at radius 3 is 2.81 bits per heavy atom. The summed E-state index contributed by atoms with van der Waals surface area (Å²) in [6.07, 6.45) is 5.13. The molecular formula is C20H17N5O2. The van der Waals surface area contributed by atoms with Crippen LogP contribution in [0.25, 0.3) is 16.5 Å². The van der Waals surface area contributed by atoms with Crippen LogP contribution in [0.1, 0.15) is 5.69 Å². The van der Waals surface area contributed by atoms with Crippen LogP contribution < -0.4 is 10.1 Å². The lowest BCUT2D eigenvalue weighted by Crippen LogP contribution is -2.28. The summed E-state index contributed by atoms with van der Waals surface area (Å²) in [6, 6.07) is 17.4. The molecule has 0 spiro atoms. The number of carbonyl (C=O) groups is 1. The molecule has 2 aromatic heterocycles. The molecule has 0 saturated carbocycles. The van der Waals surface area contributed by atoms with E-state index in [-0.39, 0.29) is 19.1 Å². The number of hydrogen-bond acceptors (Lipinski definition) is 5. The summed E-state index contributed by atoms with van der Waals surface area (Å²) in [6.45, 7) is 0.218. The first-order valence-corrected chi connectivity index (χ1v) is 8.48. The normalized spacial score (nSPS) is 10.7. The maximum atomic E-state index is 12.0. The molecular weight excluding hydrogens is 342 g/mol. The van der Waals surface area contributed by atoms with Crippen molar-refractivity contribution >= 4 is 16.7 Å². The minimum absolute atomic E-state index is 0.0604. The smallest absolute Gasteiger partial charge is 0.258 e. The van der Waals surface area contributed by atoms with Crippen LogP contribution in [0.15, 0.2) is 73.2 Å². The van der Waals surface area contributed by atoms with Gasteiger partial charge in [-0.15, -0.1) is 5.10 Å². The van der Waals surface area contributed by atoms with Gasteiger partial charge >= 0.3 is 0 Å². The van der Waals surface area contributed by atoms with E-state index in [1.165, 1.54) is 0 Å². The lowest BCUT2D eigenvalue weighted by Gasteiger charge is -2.07. The second kappa shape index (κ2) is 7.65. The molecule has 134 valence electrons. The molecule has 0 unspecified atom stereocenters. The highest BCUT2D eigenvalue weighted by molar-refractivity contribution is 5.84. The average Bonchev–Trinajstić information content (AvgIpc) is 3.20. The minimum Gasteiger partial charge on any atom is -0.484 e. The van der Waals surface area contributed by atoms with Gasteiger partial charge in [-0.1, -0.05) is 35.5 Å². The van der Waals surface area contributed by atoms with Crippen molar-refractivity contribution in [3.05, 3.63) is 78.9 Å². The van der Waals surface area contributed by atoms with E-state index in [1.54, 1.807) is 23.3 Å². The van der Waals surface area contributed by atoms with Crippen LogP contribution in [0.3, 0.4) is 0 Å². The third-order valence-electron chi connectivity index (χ3n) is 4.01. The van der Waals surface area contributed by atoms with Crippen molar-refractivity contribution in [2.45, 2.75) is 6.54 Å². The summed E-state index contributed by atoms with van der Waals surface area (Å²) in [4.78, 5) is 16.1. The van der Waals surface area contributed by atoms with Gasteiger partial charge in [-0.25, -0.2) is 4.68 Å². The zero-order valence-corrected chi connectivity index (χ0v) is 14.4. The van der Waals surface area contributed by atoms with Crippen molar-refractivity contribution in [2.24, 2.45) is 0 Å². The highest BCUT2D eigenvalue weighted by Crippen LogP contribution is 2.20. The number of rotatable bonds is 6. The summed E-state index contributed by atoms with van der Waals surface area (Å²) in [5, 5.41) is 13.1. The van der Waals surface area contributed by atoms with Crippen LogP contribution in [0, 0.1) is 0 Å². The molecule has 0 bridgehead atoms. The molecule has 0 aliphatic carbocycles. The van der Waals surface area contributed by atoms with Crippen molar-refractivity contribution in [3.8, 4) is 11.4 Å². The number of amides is 1. The molecule has 27 heavy (non-hydrogen) atoms. The first-order chi connectivity index (χ1) is 13.3. The molecule has 0 atom stereocenters. The molecule has 0 radical (unpaired) electrons. The lowest BCUT2D eigenvalue weighted by atomic mass is 10.1. The van der Waals surface area contributed by atoms with Gasteiger partial charge in [0.05, 0.1) is 24.6 Å². The summed E-state index contributed by atoms with van der Waals surface area (Å²) in [5.41, 5.74) is 1.46. The highest BCUT2D eigenvalue weighted by Gasteiger charge is 2.07. The predicted octanol–water partition coefficient (Wildman–Crippen LogP) is 2.51. The maximum absolute atomic E-state index is 12.0. The van der Waals surface area contributed by atoms with E-state index >= 15 is 0 Å². The molecule has 0 fully saturated rings. The van der Waals surface area contributed by atoms with Crippen LogP contribution in [0.2, 0.25) is 0 Å². The van der Waals surface area contributed by atoms with Crippen LogP contribution in [0.5, 0.6) is 5.75 Å². The molecule has 0 aliphatic rings. The quantitative estimate of drug-likeness (QED) is 0.572. The van der Waals surface area contributed by atoms with Gasteiger partial charge in [-0.2, -0.15) is 0 Å². The van der Waals surface area contributed by atoms with Crippen LogP contribution >= 0.6 is 0 Å². The van der Waals surface area contributed by atoms with Gasteiger partial charge in [0.2, 0.25) is 0 Å². The summed E-state index contributed by atoms with van der Waals surface area (Å²) in [7, 11) is 0. The first kappa shape index (κ1) is 16.7. The number of pyridine rings is 1. The van der Waals surface area contributed by atoms with Crippen molar-refractivity contribution in [3.63, 3.8) is 0 Å². The molecule has 1 N–H and O–H groups in total. The van der Waals surface area contributed by atoms with E-state index in [4.69, 9.17) is 4.74 Å². The molecule has 0 aliphatic heterocycles. The van der Waals surface area contributed by atoms with Crippen molar-refractivity contribution in [2.75, 3.05) is 6.61 Å². The van der Waals surface area contributed by atoms with Crippen molar-refractivity contribution in [1.82, 2.24) is 25.3 Å². The molecule has 2 aromatic carbocycles. The van der Waals surface area contributed by atoms with E-state index < -0.39 is 0 Å². The number of nitrogens with one attached hydrogen (secondary N) is 1. The van der Waals surface area contributed by atoms with Gasteiger partial charge in [0.1, 0.15) is 11.4 Å². The zero-order chi connectivity index (χ0) is 18.5. The average molecular weight is 359 g/mol. The number of fused-ring (bicyclic) bond motifs is 1. The lowest BCUT2D eigenvalue weighted by molar-refractivity contribution is -0.123. The zero-order valence-electron chi connectivity index (χ0n) is 14.4. The number of nitrogens with zero attached hydrogens (tertiary/aromatic N) is 4. The Labute approximate surface area is 155 Å². The number of aromatic nitrogens is 4. The van der Waals surface area contributed by atoms with Crippen LogP contribution in [-0.4, -0.2) is 32.5 Å². The van der Waals surface area contributed by atoms with Gasteiger partial charge in [0, 0.05) is 6.20 Å². The number of hydrogen-bond donors (Lipinski definition) is 1. The Balaban J connectivity index is 1.30. The number of carbonyl (C=O) groups excluding carboxylic acids is 1. The number of benzene rings is 2. The Bertz CT molecular complexity index is 1060. The molecule has 7 nitrogen and oxygen atoms in total. The predicted molar refractivity (Wildman–Crippen MR) is 100 cm³/mol. The van der Waals surface area contributed by atoms with Gasteiger partial charge < -0.3 is 10.1 Å². The molecule has 7 heteroatoms. The first-order valence-electron chi connectivity index (χ1n) is 8.48. The summed E-state index contributed by atoms with van der Waals surface area (Å²) in [5.74, 6) is 0.436. The van der Waals surface area contributed by atoms with E-state index in [0.29, 0.717) is 11.4 Å².